The highest BCUT2D eigenvalue weighted by Gasteiger charge is 2.25. The zero-order valence-electron chi connectivity index (χ0n) is 15.4. The van der Waals surface area contributed by atoms with Crippen LogP contribution in [0.1, 0.15) is 34.8 Å². The third-order valence-corrected chi connectivity index (χ3v) is 5.89. The van der Waals surface area contributed by atoms with Crippen LogP contribution in [-0.2, 0) is 0 Å². The number of aromatic amines is 1. The van der Waals surface area contributed by atoms with Crippen LogP contribution in [0.4, 0.5) is 0 Å². The lowest BCUT2D eigenvalue weighted by Gasteiger charge is -2.31. The van der Waals surface area contributed by atoms with E-state index in [1.807, 2.05) is 29.2 Å². The van der Waals surface area contributed by atoms with Gasteiger partial charge in [0.2, 0.25) is 0 Å². The van der Waals surface area contributed by atoms with Gasteiger partial charge in [0.25, 0.3) is 5.91 Å². The number of H-pyrrole nitrogens is 1. The van der Waals surface area contributed by atoms with Crippen LogP contribution >= 0.6 is 11.6 Å². The predicted octanol–water partition coefficient (Wildman–Crippen LogP) is 5.39. The average Bonchev–Trinajstić information content (AvgIpc) is 3.17. The van der Waals surface area contributed by atoms with Crippen LogP contribution in [0.25, 0.3) is 21.8 Å². The Labute approximate surface area is 168 Å². The van der Waals surface area contributed by atoms with Gasteiger partial charge in [0, 0.05) is 41.2 Å². The van der Waals surface area contributed by atoms with Gasteiger partial charge in [-0.2, -0.15) is 0 Å². The van der Waals surface area contributed by atoms with Gasteiger partial charge in [-0.15, -0.1) is 0 Å². The van der Waals surface area contributed by atoms with Crippen LogP contribution in [0.2, 0.25) is 5.15 Å². The minimum absolute atomic E-state index is 0.0898. The van der Waals surface area contributed by atoms with Gasteiger partial charge in [0.05, 0.1) is 5.52 Å². The fraction of sp³-hybridized carbons (Fsp3) is 0.217. The first-order chi connectivity index (χ1) is 13.7. The molecule has 2 aromatic heterocycles. The van der Waals surface area contributed by atoms with E-state index in [-0.39, 0.29) is 5.91 Å². The Kier molecular flexibility index (Phi) is 4.29. The number of piperidine rings is 1. The van der Waals surface area contributed by atoms with Gasteiger partial charge in [0.15, 0.2) is 0 Å². The summed E-state index contributed by atoms with van der Waals surface area (Å²) in [6.07, 6.45) is 1.95. The number of amides is 1. The predicted molar refractivity (Wildman–Crippen MR) is 113 cm³/mol. The van der Waals surface area contributed by atoms with Gasteiger partial charge in [-0.25, -0.2) is 4.98 Å². The first-order valence-electron chi connectivity index (χ1n) is 9.60. The number of hydrogen-bond donors (Lipinski definition) is 1. The van der Waals surface area contributed by atoms with Crippen molar-refractivity contribution < 1.29 is 4.79 Å². The average molecular weight is 390 g/mol. The molecular weight excluding hydrogens is 370 g/mol. The monoisotopic (exact) mass is 389 g/mol. The molecule has 1 aliphatic rings. The van der Waals surface area contributed by atoms with Crippen molar-refractivity contribution in [1.82, 2.24) is 14.9 Å². The zero-order valence-corrected chi connectivity index (χ0v) is 16.1. The quantitative estimate of drug-likeness (QED) is 0.467. The number of rotatable bonds is 2. The second kappa shape index (κ2) is 6.95. The molecule has 1 aliphatic heterocycles. The number of benzene rings is 2. The molecule has 5 heteroatoms. The fourth-order valence-corrected chi connectivity index (χ4v) is 4.28. The molecule has 2 aromatic carbocycles. The van der Waals surface area contributed by atoms with E-state index in [0.717, 1.165) is 36.8 Å². The lowest BCUT2D eigenvalue weighted by atomic mass is 9.93. The number of pyridine rings is 1. The van der Waals surface area contributed by atoms with Crippen molar-refractivity contribution in [3.05, 3.63) is 77.1 Å². The Hall–Kier alpha value is -2.85. The third kappa shape index (κ3) is 3.14. The number of para-hydroxylation sites is 1. The molecule has 4 aromatic rings. The first kappa shape index (κ1) is 17.3. The summed E-state index contributed by atoms with van der Waals surface area (Å²) in [4.78, 5) is 22.8. The lowest BCUT2D eigenvalue weighted by Crippen LogP contribution is -2.38. The SMILES string of the molecule is O=C(c1ccc2nc(Cl)ccc2c1)N1CCC(c2cc3ccccc3[nH]2)CC1. The molecule has 0 spiro atoms. The van der Waals surface area contributed by atoms with E-state index >= 15 is 0 Å². The van der Waals surface area contributed by atoms with Crippen molar-refractivity contribution in [2.24, 2.45) is 0 Å². The molecule has 1 fully saturated rings. The molecule has 140 valence electrons. The number of aromatic nitrogens is 2. The topological polar surface area (TPSA) is 49.0 Å². The summed E-state index contributed by atoms with van der Waals surface area (Å²) in [5.74, 6) is 0.561. The van der Waals surface area contributed by atoms with Crippen LogP contribution in [0.5, 0.6) is 0 Å². The highest BCUT2D eigenvalue weighted by Crippen LogP contribution is 2.30. The maximum Gasteiger partial charge on any atom is 0.253 e. The van der Waals surface area contributed by atoms with Crippen molar-refractivity contribution in [1.29, 1.82) is 0 Å². The third-order valence-electron chi connectivity index (χ3n) is 5.67. The summed E-state index contributed by atoms with van der Waals surface area (Å²) in [5, 5.41) is 2.65. The summed E-state index contributed by atoms with van der Waals surface area (Å²) in [6, 6.07) is 19.9. The number of fused-ring (bicyclic) bond motifs is 2. The van der Waals surface area contributed by atoms with Crippen LogP contribution in [0, 0.1) is 0 Å². The summed E-state index contributed by atoms with van der Waals surface area (Å²) in [6.45, 7) is 1.55. The largest absolute Gasteiger partial charge is 0.358 e. The number of hydrogen-bond acceptors (Lipinski definition) is 2. The van der Waals surface area contributed by atoms with Gasteiger partial charge in [-0.3, -0.25) is 4.79 Å². The molecule has 4 nitrogen and oxygen atoms in total. The molecule has 3 heterocycles. The van der Waals surface area contributed by atoms with Gasteiger partial charge >= 0.3 is 0 Å². The van der Waals surface area contributed by atoms with E-state index in [1.165, 1.54) is 16.6 Å². The van der Waals surface area contributed by atoms with E-state index < -0.39 is 0 Å². The highest BCUT2D eigenvalue weighted by atomic mass is 35.5. The summed E-state index contributed by atoms with van der Waals surface area (Å²) in [7, 11) is 0. The van der Waals surface area contributed by atoms with Crippen molar-refractivity contribution in [3.63, 3.8) is 0 Å². The molecule has 0 bridgehead atoms. The molecule has 5 rings (SSSR count). The van der Waals surface area contributed by atoms with Crippen molar-refractivity contribution in [3.8, 4) is 0 Å². The number of carbonyl (C=O) groups excluding carboxylic acids is 1. The second-order valence-corrected chi connectivity index (χ2v) is 7.81. The summed E-state index contributed by atoms with van der Waals surface area (Å²) >= 11 is 5.94. The molecule has 1 N–H and O–H groups in total. The van der Waals surface area contributed by atoms with Crippen molar-refractivity contribution in [2.75, 3.05) is 13.1 Å². The van der Waals surface area contributed by atoms with Gasteiger partial charge in [-0.05, 0) is 60.7 Å². The molecule has 1 saturated heterocycles. The van der Waals surface area contributed by atoms with Crippen LogP contribution in [0.3, 0.4) is 0 Å². The van der Waals surface area contributed by atoms with Gasteiger partial charge < -0.3 is 9.88 Å². The normalized spacial score (nSPS) is 15.4. The maximum atomic E-state index is 13.0. The number of nitrogens with zero attached hydrogens (tertiary/aromatic N) is 2. The summed E-state index contributed by atoms with van der Waals surface area (Å²) in [5.41, 5.74) is 3.98. The Morgan fingerprint density at radius 3 is 2.64 bits per heavy atom. The minimum atomic E-state index is 0.0898. The molecule has 0 radical (unpaired) electrons. The van der Waals surface area contributed by atoms with Crippen molar-refractivity contribution >= 4 is 39.3 Å². The van der Waals surface area contributed by atoms with Crippen LogP contribution < -0.4 is 0 Å². The van der Waals surface area contributed by atoms with E-state index in [9.17, 15) is 4.79 Å². The number of likely N-dealkylation sites (tertiary alicyclic amines) is 1. The molecule has 1 amide bonds. The molecular formula is C23H20ClN3O. The molecule has 0 saturated carbocycles. The molecule has 28 heavy (non-hydrogen) atoms. The van der Waals surface area contributed by atoms with Crippen LogP contribution in [0.15, 0.2) is 60.7 Å². The Morgan fingerprint density at radius 1 is 1.00 bits per heavy atom. The van der Waals surface area contributed by atoms with Gasteiger partial charge in [-0.1, -0.05) is 29.8 Å². The standard InChI is InChI=1S/C23H20ClN3O/c24-22-8-6-17-13-18(5-7-20(17)26-22)23(28)27-11-9-15(10-12-27)21-14-16-3-1-2-4-19(16)25-21/h1-8,13-15,25H,9-12H2. The Balaban J connectivity index is 1.30. The number of carbonyl (C=O) groups is 1. The van der Waals surface area contributed by atoms with E-state index in [0.29, 0.717) is 16.6 Å². The number of nitrogens with one attached hydrogen (secondary N) is 1. The van der Waals surface area contributed by atoms with E-state index in [2.05, 4.69) is 40.3 Å². The Morgan fingerprint density at radius 2 is 1.82 bits per heavy atom. The molecule has 0 aliphatic carbocycles. The first-order valence-corrected chi connectivity index (χ1v) is 9.98. The zero-order chi connectivity index (χ0) is 19.1. The van der Waals surface area contributed by atoms with E-state index in [1.54, 1.807) is 6.07 Å². The highest BCUT2D eigenvalue weighted by molar-refractivity contribution is 6.29. The van der Waals surface area contributed by atoms with E-state index in [4.69, 9.17) is 11.6 Å². The van der Waals surface area contributed by atoms with Crippen molar-refractivity contribution in [2.45, 2.75) is 18.8 Å². The Bertz CT molecular complexity index is 1140. The fourth-order valence-electron chi connectivity index (χ4n) is 4.13. The molecule has 0 atom stereocenters. The smallest absolute Gasteiger partial charge is 0.253 e. The summed E-state index contributed by atoms with van der Waals surface area (Å²) < 4.78 is 0. The van der Waals surface area contributed by atoms with Crippen LogP contribution in [-0.4, -0.2) is 33.9 Å². The second-order valence-electron chi connectivity index (χ2n) is 7.42. The minimum Gasteiger partial charge on any atom is -0.358 e. The maximum absolute atomic E-state index is 13.0. The molecule has 0 unspecified atom stereocenters. The lowest BCUT2D eigenvalue weighted by molar-refractivity contribution is 0.0712. The van der Waals surface area contributed by atoms with Gasteiger partial charge in [0.1, 0.15) is 5.15 Å². The number of halogens is 1.